The Kier molecular flexibility index (Phi) is 7.99. The average Bonchev–Trinajstić information content (AvgIpc) is 3.20. The third kappa shape index (κ3) is 6.12. The highest BCUT2D eigenvalue weighted by Crippen LogP contribution is 2.26. The summed E-state index contributed by atoms with van der Waals surface area (Å²) in [5, 5.41) is 18.4. The number of ether oxygens (including phenoxy) is 1. The summed E-state index contributed by atoms with van der Waals surface area (Å²) in [7, 11) is 0. The van der Waals surface area contributed by atoms with Crippen molar-refractivity contribution in [1.29, 1.82) is 0 Å². The van der Waals surface area contributed by atoms with Gasteiger partial charge < -0.3 is 19.7 Å². The van der Waals surface area contributed by atoms with E-state index < -0.39 is 6.10 Å². The van der Waals surface area contributed by atoms with Gasteiger partial charge in [0.1, 0.15) is 0 Å². The first-order valence-electron chi connectivity index (χ1n) is 10.1. The summed E-state index contributed by atoms with van der Waals surface area (Å²) < 4.78 is 11.1. The molecule has 0 saturated heterocycles. The highest BCUT2D eigenvalue weighted by Gasteiger charge is 2.23. The fourth-order valence-corrected chi connectivity index (χ4v) is 3.21. The van der Waals surface area contributed by atoms with Crippen molar-refractivity contribution in [2.45, 2.75) is 39.5 Å². The molecule has 0 amide bonds. The molecule has 0 aliphatic carbocycles. The van der Waals surface area contributed by atoms with Crippen LogP contribution in [0.2, 0.25) is 5.02 Å². The van der Waals surface area contributed by atoms with Gasteiger partial charge in [0.15, 0.2) is 0 Å². The lowest BCUT2D eigenvalue weighted by Gasteiger charge is -2.20. The SMILES string of the molecule is Cc1ccc(-c2noc(C(NCC(O)COCc3ccccc3)C(C)C)n2)cc1Cl. The Balaban J connectivity index is 1.55. The molecule has 6 nitrogen and oxygen atoms in total. The molecular formula is C23H28ClN3O3. The molecule has 0 saturated carbocycles. The van der Waals surface area contributed by atoms with Crippen molar-refractivity contribution in [2.75, 3.05) is 13.2 Å². The van der Waals surface area contributed by atoms with E-state index in [1.165, 1.54) is 0 Å². The van der Waals surface area contributed by atoms with E-state index >= 15 is 0 Å². The molecule has 2 unspecified atom stereocenters. The minimum absolute atomic E-state index is 0.184. The topological polar surface area (TPSA) is 80.4 Å². The summed E-state index contributed by atoms with van der Waals surface area (Å²) in [6, 6.07) is 15.4. The number of hydrogen-bond acceptors (Lipinski definition) is 6. The summed E-state index contributed by atoms with van der Waals surface area (Å²) in [5.74, 6) is 1.16. The number of aliphatic hydroxyl groups excluding tert-OH is 1. The Morgan fingerprint density at radius 2 is 1.93 bits per heavy atom. The number of aryl methyl sites for hydroxylation is 1. The highest BCUT2D eigenvalue weighted by atomic mass is 35.5. The summed E-state index contributed by atoms with van der Waals surface area (Å²) in [5.41, 5.74) is 2.87. The summed E-state index contributed by atoms with van der Waals surface area (Å²) >= 11 is 6.21. The van der Waals surface area contributed by atoms with Gasteiger partial charge in [-0.2, -0.15) is 4.98 Å². The van der Waals surface area contributed by atoms with Crippen molar-refractivity contribution in [1.82, 2.24) is 15.5 Å². The molecule has 1 heterocycles. The maximum absolute atomic E-state index is 10.3. The molecule has 2 aromatic carbocycles. The van der Waals surface area contributed by atoms with Crippen LogP contribution in [0, 0.1) is 12.8 Å². The second-order valence-electron chi connectivity index (χ2n) is 7.70. The van der Waals surface area contributed by atoms with E-state index in [2.05, 4.69) is 29.3 Å². The van der Waals surface area contributed by atoms with Crippen LogP contribution in [0.3, 0.4) is 0 Å². The van der Waals surface area contributed by atoms with E-state index in [0.717, 1.165) is 16.7 Å². The molecule has 2 atom stereocenters. The first kappa shape index (κ1) is 22.4. The zero-order valence-electron chi connectivity index (χ0n) is 17.5. The summed E-state index contributed by atoms with van der Waals surface area (Å²) in [6.45, 7) is 7.12. The van der Waals surface area contributed by atoms with Gasteiger partial charge in [-0.05, 0) is 30.0 Å². The normalized spacial score (nSPS) is 13.5. The fraction of sp³-hybridized carbons (Fsp3) is 0.391. The van der Waals surface area contributed by atoms with E-state index in [1.807, 2.05) is 55.5 Å². The van der Waals surface area contributed by atoms with Gasteiger partial charge in [-0.15, -0.1) is 0 Å². The van der Waals surface area contributed by atoms with E-state index in [9.17, 15) is 5.11 Å². The molecule has 0 aliphatic heterocycles. The van der Waals surface area contributed by atoms with Crippen LogP contribution in [0.4, 0.5) is 0 Å². The van der Waals surface area contributed by atoms with Crippen molar-refractivity contribution in [2.24, 2.45) is 5.92 Å². The summed E-state index contributed by atoms with van der Waals surface area (Å²) in [4.78, 5) is 4.54. The second kappa shape index (κ2) is 10.7. The smallest absolute Gasteiger partial charge is 0.244 e. The predicted octanol–water partition coefficient (Wildman–Crippen LogP) is 4.56. The number of halogens is 1. The predicted molar refractivity (Wildman–Crippen MR) is 117 cm³/mol. The number of nitrogens with one attached hydrogen (secondary N) is 1. The van der Waals surface area contributed by atoms with E-state index in [1.54, 1.807) is 0 Å². The molecule has 3 aromatic rings. The highest BCUT2D eigenvalue weighted by molar-refractivity contribution is 6.31. The standard InChI is InChI=1S/C23H28ClN3O3/c1-15(2)21(25-12-19(28)14-29-13-17-7-5-4-6-8-17)23-26-22(27-30-23)18-10-9-16(3)20(24)11-18/h4-11,15,19,21,25,28H,12-14H2,1-3H3. The first-order valence-corrected chi connectivity index (χ1v) is 10.4. The van der Waals surface area contributed by atoms with Crippen LogP contribution in [0.15, 0.2) is 53.1 Å². The molecule has 160 valence electrons. The number of hydrogen-bond donors (Lipinski definition) is 2. The maximum Gasteiger partial charge on any atom is 0.244 e. The largest absolute Gasteiger partial charge is 0.389 e. The Morgan fingerprint density at radius 3 is 2.63 bits per heavy atom. The first-order chi connectivity index (χ1) is 14.4. The number of aliphatic hydroxyl groups is 1. The zero-order chi connectivity index (χ0) is 21.5. The van der Waals surface area contributed by atoms with Crippen molar-refractivity contribution in [3.05, 3.63) is 70.6 Å². The van der Waals surface area contributed by atoms with Gasteiger partial charge in [-0.25, -0.2) is 0 Å². The molecule has 0 fully saturated rings. The van der Waals surface area contributed by atoms with Crippen LogP contribution >= 0.6 is 11.6 Å². The Bertz CT molecular complexity index is 930. The molecule has 7 heteroatoms. The molecule has 3 rings (SSSR count). The number of aromatic nitrogens is 2. The van der Waals surface area contributed by atoms with E-state index in [0.29, 0.717) is 29.9 Å². The van der Waals surface area contributed by atoms with Crippen LogP contribution in [-0.4, -0.2) is 34.5 Å². The van der Waals surface area contributed by atoms with Gasteiger partial charge in [0.25, 0.3) is 0 Å². The van der Waals surface area contributed by atoms with Crippen LogP contribution in [0.1, 0.15) is 36.9 Å². The minimum Gasteiger partial charge on any atom is -0.389 e. The van der Waals surface area contributed by atoms with Crippen LogP contribution in [0.5, 0.6) is 0 Å². The van der Waals surface area contributed by atoms with Crippen LogP contribution in [-0.2, 0) is 11.3 Å². The minimum atomic E-state index is -0.645. The molecule has 0 radical (unpaired) electrons. The number of nitrogens with zero attached hydrogens (tertiary/aromatic N) is 2. The third-order valence-electron chi connectivity index (χ3n) is 4.80. The summed E-state index contributed by atoms with van der Waals surface area (Å²) in [6.07, 6.45) is -0.645. The van der Waals surface area contributed by atoms with Crippen molar-refractivity contribution < 1.29 is 14.4 Å². The molecule has 1 aromatic heterocycles. The van der Waals surface area contributed by atoms with Gasteiger partial charge in [0.2, 0.25) is 11.7 Å². The van der Waals surface area contributed by atoms with Crippen LogP contribution in [0.25, 0.3) is 11.4 Å². The molecular weight excluding hydrogens is 402 g/mol. The van der Waals surface area contributed by atoms with Crippen molar-refractivity contribution >= 4 is 11.6 Å². The molecule has 30 heavy (non-hydrogen) atoms. The zero-order valence-corrected chi connectivity index (χ0v) is 18.3. The average molecular weight is 430 g/mol. The van der Waals surface area contributed by atoms with E-state index in [4.69, 9.17) is 20.9 Å². The lowest BCUT2D eigenvalue weighted by Crippen LogP contribution is -2.35. The van der Waals surface area contributed by atoms with Crippen LogP contribution < -0.4 is 5.32 Å². The Hall–Kier alpha value is -2.25. The lowest BCUT2D eigenvalue weighted by molar-refractivity contribution is 0.0262. The molecule has 0 aliphatic rings. The Morgan fingerprint density at radius 1 is 1.17 bits per heavy atom. The number of rotatable bonds is 10. The molecule has 0 bridgehead atoms. The van der Waals surface area contributed by atoms with Gasteiger partial charge in [-0.1, -0.05) is 73.1 Å². The fourth-order valence-electron chi connectivity index (χ4n) is 3.03. The second-order valence-corrected chi connectivity index (χ2v) is 8.11. The number of benzene rings is 2. The van der Waals surface area contributed by atoms with Gasteiger partial charge in [0, 0.05) is 17.1 Å². The maximum atomic E-state index is 10.3. The van der Waals surface area contributed by atoms with Gasteiger partial charge in [0.05, 0.1) is 25.4 Å². The van der Waals surface area contributed by atoms with Gasteiger partial charge >= 0.3 is 0 Å². The molecule has 0 spiro atoms. The quantitative estimate of drug-likeness (QED) is 0.491. The Labute approximate surface area is 182 Å². The van der Waals surface area contributed by atoms with Crippen molar-refractivity contribution in [3.8, 4) is 11.4 Å². The van der Waals surface area contributed by atoms with Crippen molar-refractivity contribution in [3.63, 3.8) is 0 Å². The third-order valence-corrected chi connectivity index (χ3v) is 5.21. The lowest BCUT2D eigenvalue weighted by atomic mass is 10.0. The molecule has 2 N–H and O–H groups in total. The monoisotopic (exact) mass is 429 g/mol. The van der Waals surface area contributed by atoms with Gasteiger partial charge in [-0.3, -0.25) is 0 Å². The van der Waals surface area contributed by atoms with E-state index in [-0.39, 0.29) is 18.6 Å².